The molecule has 150 valence electrons. The molecule has 1 aliphatic heterocycles. The number of ether oxygens (including phenoxy) is 3. The van der Waals surface area contributed by atoms with E-state index >= 15 is 0 Å². The first-order chi connectivity index (χ1) is 14.0. The van der Waals surface area contributed by atoms with Gasteiger partial charge in [0.15, 0.2) is 11.5 Å². The fraction of sp³-hybridized carbons (Fsp3) is 0.238. The number of para-hydroxylation sites is 2. The molecule has 0 aromatic heterocycles. The van der Waals surface area contributed by atoms with Crippen LogP contribution in [0.1, 0.15) is 5.56 Å². The van der Waals surface area contributed by atoms with Crippen molar-refractivity contribution in [1.29, 1.82) is 0 Å². The Kier molecular flexibility index (Phi) is 6.72. The fourth-order valence-corrected chi connectivity index (χ4v) is 4.60. The molecule has 0 N–H and O–H groups in total. The van der Waals surface area contributed by atoms with E-state index in [0.717, 1.165) is 17.3 Å². The normalized spacial score (nSPS) is 15.9. The first-order valence-corrected chi connectivity index (χ1v) is 10.3. The van der Waals surface area contributed by atoms with Crippen molar-refractivity contribution in [1.82, 2.24) is 0 Å². The largest absolute Gasteiger partial charge is 0.495 e. The second-order valence-corrected chi connectivity index (χ2v) is 8.03. The summed E-state index contributed by atoms with van der Waals surface area (Å²) in [6.45, 7) is 0.105. The number of imide groups is 1. The Bertz CT molecular complexity index is 988. The maximum absolute atomic E-state index is 13.0. The molecule has 1 aliphatic rings. The van der Waals surface area contributed by atoms with E-state index < -0.39 is 5.25 Å². The molecule has 2 aromatic carbocycles. The molecule has 1 fully saturated rings. The Labute approximate surface area is 181 Å². The highest BCUT2D eigenvalue weighted by Gasteiger charge is 2.41. The smallest absolute Gasteiger partial charge is 0.293 e. The zero-order valence-electron chi connectivity index (χ0n) is 15.8. The molecule has 1 heterocycles. The molecule has 2 amide bonds. The van der Waals surface area contributed by atoms with Gasteiger partial charge in [0.05, 0.1) is 29.6 Å². The van der Waals surface area contributed by atoms with Crippen LogP contribution in [-0.2, 0) is 11.2 Å². The van der Waals surface area contributed by atoms with Gasteiger partial charge in [0, 0.05) is 0 Å². The van der Waals surface area contributed by atoms with Crippen LogP contribution >= 0.6 is 27.7 Å². The van der Waals surface area contributed by atoms with Crippen molar-refractivity contribution in [3.63, 3.8) is 0 Å². The van der Waals surface area contributed by atoms with E-state index in [9.17, 15) is 9.59 Å². The number of rotatable bonds is 7. The van der Waals surface area contributed by atoms with Crippen molar-refractivity contribution >= 4 is 44.5 Å². The summed E-state index contributed by atoms with van der Waals surface area (Å²) in [7, 11) is 3.03. The van der Waals surface area contributed by atoms with Crippen LogP contribution in [0.25, 0.3) is 0 Å². The van der Waals surface area contributed by atoms with E-state index in [2.05, 4.69) is 21.9 Å². The minimum absolute atomic E-state index is 0.105. The zero-order valence-corrected chi connectivity index (χ0v) is 18.2. The maximum atomic E-state index is 13.0. The summed E-state index contributed by atoms with van der Waals surface area (Å²) in [5.74, 6) is 3.58. The molecule has 0 aliphatic carbocycles. The van der Waals surface area contributed by atoms with Gasteiger partial charge in [-0.25, -0.2) is 4.90 Å². The number of amides is 2. The summed E-state index contributed by atoms with van der Waals surface area (Å²) in [5, 5.41) is -0.883. The van der Waals surface area contributed by atoms with Gasteiger partial charge in [-0.2, -0.15) is 0 Å². The Morgan fingerprint density at radius 3 is 2.59 bits per heavy atom. The van der Waals surface area contributed by atoms with Crippen LogP contribution < -0.4 is 19.1 Å². The van der Waals surface area contributed by atoms with Gasteiger partial charge in [0.1, 0.15) is 12.4 Å². The second-order valence-electron chi connectivity index (χ2n) is 6.02. The van der Waals surface area contributed by atoms with E-state index in [1.54, 1.807) is 30.3 Å². The Morgan fingerprint density at radius 2 is 1.90 bits per heavy atom. The van der Waals surface area contributed by atoms with E-state index in [4.69, 9.17) is 20.6 Å². The first kappa shape index (κ1) is 21.1. The number of methoxy groups -OCH3 is 2. The zero-order chi connectivity index (χ0) is 21.0. The number of halogens is 1. The summed E-state index contributed by atoms with van der Waals surface area (Å²) in [5.41, 5.74) is 1.26. The third-order valence-electron chi connectivity index (χ3n) is 4.26. The van der Waals surface area contributed by atoms with Gasteiger partial charge in [-0.05, 0) is 52.2 Å². The predicted octanol–water partition coefficient (Wildman–Crippen LogP) is 4.29. The highest BCUT2D eigenvalue weighted by Crippen LogP contribution is 2.40. The molecule has 1 atom stereocenters. The second kappa shape index (κ2) is 9.25. The van der Waals surface area contributed by atoms with Crippen molar-refractivity contribution in [2.45, 2.75) is 11.7 Å². The lowest BCUT2D eigenvalue weighted by atomic mass is 10.1. The minimum atomic E-state index is -0.554. The standard InChI is InChI=1S/C21H18BrNO5S/c1-4-9-28-19-14(22)10-13(11-17(19)27-3)12-18-20(24)23(21(25)29-18)15-7-5-6-8-16(15)26-2/h1,5-8,10-11,18H,9,12H2,2-3H3/t18-/m0/s1. The lowest BCUT2D eigenvalue weighted by Gasteiger charge is -2.17. The maximum Gasteiger partial charge on any atom is 0.293 e. The Hall–Kier alpha value is -2.63. The molecular formula is C21H18BrNO5S. The Morgan fingerprint density at radius 1 is 1.17 bits per heavy atom. The van der Waals surface area contributed by atoms with E-state index in [-0.39, 0.29) is 17.8 Å². The van der Waals surface area contributed by atoms with Crippen LogP contribution in [0.2, 0.25) is 0 Å². The molecule has 29 heavy (non-hydrogen) atoms. The molecule has 0 unspecified atom stereocenters. The number of benzene rings is 2. The first-order valence-electron chi connectivity index (χ1n) is 8.60. The van der Waals surface area contributed by atoms with Gasteiger partial charge < -0.3 is 14.2 Å². The highest BCUT2D eigenvalue weighted by molar-refractivity contribution is 9.10. The number of nitrogens with zero attached hydrogens (tertiary/aromatic N) is 1. The summed E-state index contributed by atoms with van der Waals surface area (Å²) in [6.07, 6.45) is 5.60. The molecule has 2 aromatic rings. The van der Waals surface area contributed by atoms with Gasteiger partial charge in [0.2, 0.25) is 5.91 Å². The number of hydrogen-bond donors (Lipinski definition) is 0. The lowest BCUT2D eigenvalue weighted by molar-refractivity contribution is -0.117. The minimum Gasteiger partial charge on any atom is -0.495 e. The van der Waals surface area contributed by atoms with E-state index in [0.29, 0.717) is 33.8 Å². The summed E-state index contributed by atoms with van der Waals surface area (Å²) in [6, 6.07) is 10.6. The van der Waals surface area contributed by atoms with E-state index in [1.807, 2.05) is 6.07 Å². The van der Waals surface area contributed by atoms with Crippen LogP contribution in [0, 0.1) is 12.3 Å². The van der Waals surface area contributed by atoms with Crippen LogP contribution in [0.15, 0.2) is 40.9 Å². The number of anilines is 1. The predicted molar refractivity (Wildman–Crippen MR) is 116 cm³/mol. The molecular weight excluding hydrogens is 458 g/mol. The fourth-order valence-electron chi connectivity index (χ4n) is 2.98. The van der Waals surface area contributed by atoms with Crippen LogP contribution in [0.3, 0.4) is 0 Å². The van der Waals surface area contributed by atoms with Crippen LogP contribution in [0.5, 0.6) is 17.2 Å². The van der Waals surface area contributed by atoms with Gasteiger partial charge in [-0.1, -0.05) is 29.8 Å². The van der Waals surface area contributed by atoms with Crippen LogP contribution in [-0.4, -0.2) is 37.2 Å². The van der Waals surface area contributed by atoms with Crippen molar-refractivity contribution in [3.8, 4) is 29.6 Å². The van der Waals surface area contributed by atoms with Gasteiger partial charge in [-0.15, -0.1) is 6.42 Å². The van der Waals surface area contributed by atoms with Crippen molar-refractivity contribution < 1.29 is 23.8 Å². The Balaban J connectivity index is 1.84. The number of hydrogen-bond acceptors (Lipinski definition) is 6. The van der Waals surface area contributed by atoms with Crippen LogP contribution in [0.4, 0.5) is 10.5 Å². The third-order valence-corrected chi connectivity index (χ3v) is 5.88. The molecule has 1 saturated heterocycles. The quantitative estimate of drug-likeness (QED) is 0.556. The van der Waals surface area contributed by atoms with Crippen molar-refractivity contribution in [2.75, 3.05) is 25.7 Å². The molecule has 0 spiro atoms. The molecule has 6 nitrogen and oxygen atoms in total. The summed E-state index contributed by atoms with van der Waals surface area (Å²) >= 11 is 4.45. The summed E-state index contributed by atoms with van der Waals surface area (Å²) in [4.78, 5) is 26.7. The molecule has 0 saturated carbocycles. The number of carbonyl (C=O) groups is 2. The topological polar surface area (TPSA) is 65.1 Å². The van der Waals surface area contributed by atoms with Gasteiger partial charge >= 0.3 is 0 Å². The van der Waals surface area contributed by atoms with Gasteiger partial charge in [0.25, 0.3) is 5.24 Å². The SMILES string of the molecule is C#CCOc1c(Br)cc(C[C@@H]2SC(=O)N(c3ccccc3OC)C2=O)cc1OC. The molecule has 8 heteroatoms. The van der Waals surface area contributed by atoms with Crippen molar-refractivity contribution in [2.24, 2.45) is 0 Å². The molecule has 0 bridgehead atoms. The highest BCUT2D eigenvalue weighted by atomic mass is 79.9. The number of thioether (sulfide) groups is 1. The molecule has 3 rings (SSSR count). The third kappa shape index (κ3) is 4.36. The average Bonchev–Trinajstić information content (AvgIpc) is 2.99. The monoisotopic (exact) mass is 475 g/mol. The summed E-state index contributed by atoms with van der Waals surface area (Å²) < 4.78 is 16.9. The lowest BCUT2D eigenvalue weighted by Crippen LogP contribution is -2.32. The van der Waals surface area contributed by atoms with E-state index in [1.165, 1.54) is 19.1 Å². The average molecular weight is 476 g/mol. The van der Waals surface area contributed by atoms with Crippen molar-refractivity contribution in [3.05, 3.63) is 46.4 Å². The van der Waals surface area contributed by atoms with Gasteiger partial charge in [-0.3, -0.25) is 9.59 Å². The number of carbonyl (C=O) groups excluding carboxylic acids is 2. The number of terminal acetylenes is 1. The molecule has 0 radical (unpaired) electrons.